The topological polar surface area (TPSA) is 131 Å². The van der Waals surface area contributed by atoms with Crippen molar-refractivity contribution in [2.24, 2.45) is 23.5 Å². The second-order valence-corrected chi connectivity index (χ2v) is 5.64. The number of urea groups is 1. The minimum Gasteiger partial charge on any atom is -0.481 e. The molecule has 2 fully saturated rings. The van der Waals surface area contributed by atoms with Crippen molar-refractivity contribution in [2.45, 2.75) is 25.3 Å². The predicted octanol–water partition coefficient (Wildman–Crippen LogP) is -0.713. The van der Waals surface area contributed by atoms with Gasteiger partial charge in [0.2, 0.25) is 5.91 Å². The van der Waals surface area contributed by atoms with Crippen LogP contribution in [0, 0.1) is 17.8 Å². The first-order valence-electron chi connectivity index (χ1n) is 7.12. The summed E-state index contributed by atoms with van der Waals surface area (Å²) in [6.45, 7) is 0.226. The minimum atomic E-state index is -0.836. The van der Waals surface area contributed by atoms with Crippen LogP contribution in [0.3, 0.4) is 0 Å². The maximum atomic E-state index is 11.8. The molecule has 0 aromatic heterocycles. The molecule has 4 unspecified atom stereocenters. The number of nitrogens with two attached hydrogens (primary N) is 1. The van der Waals surface area contributed by atoms with Gasteiger partial charge in [0.25, 0.3) is 0 Å². The van der Waals surface area contributed by atoms with Crippen molar-refractivity contribution in [2.75, 3.05) is 19.8 Å². The second kappa shape index (κ2) is 6.75. The number of amides is 3. The molecule has 5 N–H and O–H groups in total. The smallest absolute Gasteiger partial charge is 0.315 e. The lowest BCUT2D eigenvalue weighted by atomic mass is 9.84. The molecule has 0 aromatic rings. The Balaban J connectivity index is 1.72. The standard InChI is InChI=1S/C13H21N3O5/c14-9(17)6-21-4-3-15-13(20)16-11-8-2-1-7(5-8)10(11)12(18)19/h7-8,10-11H,1-6H2,(H2,14,17)(H,18,19)(H2,15,16,20). The Labute approximate surface area is 122 Å². The van der Waals surface area contributed by atoms with E-state index >= 15 is 0 Å². The summed E-state index contributed by atoms with van der Waals surface area (Å²) in [4.78, 5) is 33.5. The van der Waals surface area contributed by atoms with Gasteiger partial charge >= 0.3 is 12.0 Å². The van der Waals surface area contributed by atoms with Gasteiger partial charge in [0.1, 0.15) is 6.61 Å². The number of hydrogen-bond donors (Lipinski definition) is 4. The van der Waals surface area contributed by atoms with Crippen molar-refractivity contribution in [3.8, 4) is 0 Å². The molecule has 2 bridgehead atoms. The molecule has 2 aliphatic rings. The van der Waals surface area contributed by atoms with Crippen LogP contribution < -0.4 is 16.4 Å². The van der Waals surface area contributed by atoms with Crippen molar-refractivity contribution in [3.63, 3.8) is 0 Å². The highest BCUT2D eigenvalue weighted by Crippen LogP contribution is 2.48. The number of carbonyl (C=O) groups is 3. The number of primary amides is 1. The van der Waals surface area contributed by atoms with Gasteiger partial charge in [-0.3, -0.25) is 9.59 Å². The Morgan fingerprint density at radius 2 is 1.95 bits per heavy atom. The first-order chi connectivity index (χ1) is 9.99. The number of carboxylic acids is 1. The van der Waals surface area contributed by atoms with E-state index in [1.165, 1.54) is 0 Å². The minimum absolute atomic E-state index is 0.176. The summed E-state index contributed by atoms with van der Waals surface area (Å²) in [5.41, 5.74) is 4.90. The summed E-state index contributed by atoms with van der Waals surface area (Å²) in [6.07, 6.45) is 2.78. The van der Waals surface area contributed by atoms with Crippen molar-refractivity contribution in [1.82, 2.24) is 10.6 Å². The Bertz CT molecular complexity index is 428. The van der Waals surface area contributed by atoms with Crippen LogP contribution >= 0.6 is 0 Å². The number of hydrogen-bond acceptors (Lipinski definition) is 4. The highest BCUT2D eigenvalue weighted by molar-refractivity contribution is 5.77. The summed E-state index contributed by atoms with van der Waals surface area (Å²) in [5.74, 6) is -1.45. The molecule has 118 valence electrons. The van der Waals surface area contributed by atoms with Gasteiger partial charge in [-0.1, -0.05) is 0 Å². The van der Waals surface area contributed by atoms with Gasteiger partial charge in [0, 0.05) is 12.6 Å². The van der Waals surface area contributed by atoms with Crippen LogP contribution in [0.25, 0.3) is 0 Å². The molecular formula is C13H21N3O5. The van der Waals surface area contributed by atoms with E-state index in [0.29, 0.717) is 0 Å². The van der Waals surface area contributed by atoms with E-state index in [2.05, 4.69) is 10.6 Å². The SMILES string of the molecule is NC(=O)COCCNC(=O)NC1C2CCC(C2)C1C(=O)O. The maximum absolute atomic E-state index is 11.8. The van der Waals surface area contributed by atoms with Crippen LogP contribution in [0.2, 0.25) is 0 Å². The number of nitrogens with one attached hydrogen (secondary N) is 2. The summed E-state index contributed by atoms with van der Waals surface area (Å²) >= 11 is 0. The van der Waals surface area contributed by atoms with E-state index in [9.17, 15) is 19.5 Å². The molecular weight excluding hydrogens is 278 g/mol. The number of carboxylic acid groups (broad SMARTS) is 1. The Kier molecular flexibility index (Phi) is 5.00. The molecule has 0 aromatic carbocycles. The number of rotatable bonds is 7. The Morgan fingerprint density at radius 1 is 1.24 bits per heavy atom. The van der Waals surface area contributed by atoms with E-state index < -0.39 is 23.8 Å². The monoisotopic (exact) mass is 299 g/mol. The van der Waals surface area contributed by atoms with Crippen LogP contribution in [-0.2, 0) is 14.3 Å². The third-order valence-corrected chi connectivity index (χ3v) is 4.28. The van der Waals surface area contributed by atoms with Crippen molar-refractivity contribution in [3.05, 3.63) is 0 Å². The fourth-order valence-electron chi connectivity index (χ4n) is 3.47. The van der Waals surface area contributed by atoms with Crippen molar-refractivity contribution in [1.29, 1.82) is 0 Å². The molecule has 3 amide bonds. The van der Waals surface area contributed by atoms with Crippen LogP contribution in [-0.4, -0.2) is 48.8 Å². The van der Waals surface area contributed by atoms with Crippen LogP contribution in [0.15, 0.2) is 0 Å². The zero-order valence-electron chi connectivity index (χ0n) is 11.7. The van der Waals surface area contributed by atoms with Crippen LogP contribution in [0.4, 0.5) is 4.79 Å². The largest absolute Gasteiger partial charge is 0.481 e. The van der Waals surface area contributed by atoms with Gasteiger partial charge < -0.3 is 26.2 Å². The highest BCUT2D eigenvalue weighted by Gasteiger charge is 2.51. The number of carbonyl (C=O) groups excluding carboxylic acids is 2. The van der Waals surface area contributed by atoms with E-state index in [0.717, 1.165) is 19.3 Å². The first-order valence-corrected chi connectivity index (χ1v) is 7.12. The van der Waals surface area contributed by atoms with Crippen LogP contribution in [0.1, 0.15) is 19.3 Å². The molecule has 21 heavy (non-hydrogen) atoms. The molecule has 4 atom stereocenters. The third-order valence-electron chi connectivity index (χ3n) is 4.28. The Morgan fingerprint density at radius 3 is 2.62 bits per heavy atom. The fourth-order valence-corrected chi connectivity index (χ4v) is 3.47. The molecule has 0 radical (unpaired) electrons. The van der Waals surface area contributed by atoms with E-state index in [4.69, 9.17) is 10.5 Å². The second-order valence-electron chi connectivity index (χ2n) is 5.64. The molecule has 2 saturated carbocycles. The lowest BCUT2D eigenvalue weighted by Gasteiger charge is -2.28. The highest BCUT2D eigenvalue weighted by atomic mass is 16.5. The average Bonchev–Trinajstić information content (AvgIpc) is 2.98. The van der Waals surface area contributed by atoms with Crippen molar-refractivity contribution < 1.29 is 24.2 Å². The third kappa shape index (κ3) is 3.84. The summed E-state index contributed by atoms with van der Waals surface area (Å²) in [7, 11) is 0. The van der Waals surface area contributed by atoms with Crippen LogP contribution in [0.5, 0.6) is 0 Å². The Hall–Kier alpha value is -1.83. The lowest BCUT2D eigenvalue weighted by molar-refractivity contribution is -0.144. The van der Waals surface area contributed by atoms with Gasteiger partial charge in [-0.05, 0) is 31.1 Å². The van der Waals surface area contributed by atoms with Gasteiger partial charge in [-0.15, -0.1) is 0 Å². The number of ether oxygens (including phenoxy) is 1. The lowest BCUT2D eigenvalue weighted by Crippen LogP contribution is -2.50. The molecule has 0 saturated heterocycles. The number of fused-ring (bicyclic) bond motifs is 2. The average molecular weight is 299 g/mol. The zero-order chi connectivity index (χ0) is 15.4. The van der Waals surface area contributed by atoms with Gasteiger partial charge in [0.05, 0.1) is 12.5 Å². The van der Waals surface area contributed by atoms with E-state index in [-0.39, 0.29) is 37.6 Å². The molecule has 2 rings (SSSR count). The molecule has 8 heteroatoms. The van der Waals surface area contributed by atoms with E-state index in [1.54, 1.807) is 0 Å². The molecule has 8 nitrogen and oxygen atoms in total. The van der Waals surface area contributed by atoms with E-state index in [1.807, 2.05) is 0 Å². The summed E-state index contributed by atoms with van der Waals surface area (Å²) in [6, 6.07) is -0.700. The predicted molar refractivity (Wildman–Crippen MR) is 72.3 cm³/mol. The van der Waals surface area contributed by atoms with Gasteiger partial charge in [0.15, 0.2) is 0 Å². The van der Waals surface area contributed by atoms with Crippen molar-refractivity contribution >= 4 is 17.9 Å². The summed E-state index contributed by atoms with van der Waals surface area (Å²) < 4.78 is 4.91. The normalized spacial score (nSPS) is 30.1. The fraction of sp³-hybridized carbons (Fsp3) is 0.769. The number of aliphatic carboxylic acids is 1. The molecule has 0 heterocycles. The first kappa shape index (κ1) is 15.6. The van der Waals surface area contributed by atoms with Gasteiger partial charge in [-0.2, -0.15) is 0 Å². The molecule has 2 aliphatic carbocycles. The molecule has 0 aliphatic heterocycles. The summed E-state index contributed by atoms with van der Waals surface area (Å²) in [5, 5.41) is 14.6. The zero-order valence-corrected chi connectivity index (χ0v) is 11.7. The van der Waals surface area contributed by atoms with Gasteiger partial charge in [-0.25, -0.2) is 4.79 Å². The molecule has 0 spiro atoms. The quantitative estimate of drug-likeness (QED) is 0.461. The maximum Gasteiger partial charge on any atom is 0.315 e.